The molecule has 0 bridgehead atoms. The van der Waals surface area contributed by atoms with Crippen LogP contribution in [-0.2, 0) is 4.79 Å². The fraction of sp³-hybridized carbons (Fsp3) is 0. The van der Waals surface area contributed by atoms with Crippen molar-refractivity contribution in [3.63, 3.8) is 0 Å². The molecule has 0 unspecified atom stereocenters. The Bertz CT molecular complexity index is 13.5. The van der Waals surface area contributed by atoms with Crippen molar-refractivity contribution >= 4 is 6.47 Å². The van der Waals surface area contributed by atoms with E-state index in [0.29, 0.717) is 6.47 Å². The highest BCUT2D eigenvalue weighted by Crippen LogP contribution is 0.973. The summed E-state index contributed by atoms with van der Waals surface area (Å²) in [5, 5.41) is 6.76. The van der Waals surface area contributed by atoms with Crippen LogP contribution in [0.1, 0.15) is 0 Å². The van der Waals surface area contributed by atoms with E-state index in [2.05, 4.69) is 0 Å². The van der Waals surface area contributed by atoms with Gasteiger partial charge < -0.3 is 11.3 Å². The molecule has 0 aliphatic carbocycles. The lowest BCUT2D eigenvalue weighted by atomic mass is 11.7. The fourth-order valence-corrected chi connectivity index (χ4v) is 0. The Morgan fingerprint density at radius 2 is 1.75 bits per heavy atom. The zero-order valence-electron chi connectivity index (χ0n) is 2.06. The average Bonchev–Trinajstić information content (AvgIpc) is 0.918. The number of hydrogen-bond donors (Lipinski definition) is 2. The van der Waals surface area contributed by atoms with Crippen LogP contribution in [0.5, 0.6) is 0 Å². The quantitative estimate of drug-likeness (QED) is 0.407. The Kier molecular flexibility index (Phi) is 66.5. The van der Waals surface area contributed by atoms with E-state index in [-0.39, 0.29) is 6.15 Å². The summed E-state index contributed by atoms with van der Waals surface area (Å²) in [6, 6.07) is 0. The molecular formula is CH4NO2. The normalized spacial score (nSPS) is 3.00. The SMILES string of the molecule is N.O=[C]O. The van der Waals surface area contributed by atoms with E-state index in [1.165, 1.54) is 0 Å². The Balaban J connectivity index is 0. The Labute approximate surface area is 23.8 Å². The molecule has 0 fully saturated rings. The van der Waals surface area contributed by atoms with Crippen molar-refractivity contribution in [3.8, 4) is 0 Å². The first-order chi connectivity index (χ1) is 1.41. The van der Waals surface area contributed by atoms with Gasteiger partial charge in [-0.2, -0.15) is 0 Å². The van der Waals surface area contributed by atoms with Crippen LogP contribution >= 0.6 is 0 Å². The summed E-state index contributed by atoms with van der Waals surface area (Å²) in [6.07, 6.45) is 0. The maximum atomic E-state index is 8.24. The molecule has 0 atom stereocenters. The van der Waals surface area contributed by atoms with Crippen LogP contribution in [0.4, 0.5) is 0 Å². The maximum Gasteiger partial charge on any atom is 0.414 e. The van der Waals surface area contributed by atoms with Crippen LogP contribution in [0.3, 0.4) is 0 Å². The molecule has 0 heterocycles. The highest BCUT2D eigenvalue weighted by molar-refractivity contribution is 5.34. The van der Waals surface area contributed by atoms with Gasteiger partial charge in [0.25, 0.3) is 0 Å². The van der Waals surface area contributed by atoms with Crippen molar-refractivity contribution < 1.29 is 9.90 Å². The van der Waals surface area contributed by atoms with Gasteiger partial charge in [0, 0.05) is 0 Å². The second-order valence-corrected chi connectivity index (χ2v) is 0.0913. The molecule has 0 rings (SSSR count). The smallest absolute Gasteiger partial charge is 0.414 e. The molecule has 4 heavy (non-hydrogen) atoms. The van der Waals surface area contributed by atoms with Gasteiger partial charge >= 0.3 is 6.47 Å². The van der Waals surface area contributed by atoms with E-state index in [9.17, 15) is 0 Å². The monoisotopic (exact) mass is 62.0 g/mol. The fourth-order valence-electron chi connectivity index (χ4n) is 0. The summed E-state index contributed by atoms with van der Waals surface area (Å²) in [7, 11) is 0. The first-order valence-electron chi connectivity index (χ1n) is 0.428. The Morgan fingerprint density at radius 1 is 1.75 bits per heavy atom. The van der Waals surface area contributed by atoms with Gasteiger partial charge in [-0.05, 0) is 0 Å². The molecule has 0 saturated heterocycles. The molecule has 0 aromatic rings. The molecule has 1 radical (unpaired) electrons. The standard InChI is InChI=1S/CHO2.H3N/c2-1-3;/h(H,2,3);1H3. The molecule has 0 spiro atoms. The molecule has 0 aromatic carbocycles. The van der Waals surface area contributed by atoms with E-state index in [1.807, 2.05) is 0 Å². The van der Waals surface area contributed by atoms with Gasteiger partial charge in [-0.3, -0.25) is 0 Å². The topological polar surface area (TPSA) is 72.3 Å². The summed E-state index contributed by atoms with van der Waals surface area (Å²) in [5.41, 5.74) is 0. The van der Waals surface area contributed by atoms with Crippen LogP contribution in [0.15, 0.2) is 0 Å². The van der Waals surface area contributed by atoms with Gasteiger partial charge in [-0.15, -0.1) is 0 Å². The second kappa shape index (κ2) is 26.9. The largest absolute Gasteiger partial charge is 0.473 e. The van der Waals surface area contributed by atoms with Crippen LogP contribution in [0, 0.1) is 0 Å². The molecular weight excluding hydrogens is 58.0 g/mol. The van der Waals surface area contributed by atoms with E-state index in [4.69, 9.17) is 9.90 Å². The third-order valence-corrected chi connectivity index (χ3v) is 0. The van der Waals surface area contributed by atoms with E-state index in [0.717, 1.165) is 0 Å². The van der Waals surface area contributed by atoms with Crippen molar-refractivity contribution in [1.82, 2.24) is 6.15 Å². The van der Waals surface area contributed by atoms with Crippen molar-refractivity contribution in [2.75, 3.05) is 0 Å². The summed E-state index contributed by atoms with van der Waals surface area (Å²) >= 11 is 0. The zero-order chi connectivity index (χ0) is 2.71. The average molecular weight is 62.0 g/mol. The van der Waals surface area contributed by atoms with Gasteiger partial charge in [0.2, 0.25) is 0 Å². The van der Waals surface area contributed by atoms with Gasteiger partial charge in [0.05, 0.1) is 0 Å². The lowest BCUT2D eigenvalue weighted by molar-refractivity contribution is 0.437. The minimum atomic E-state index is 0. The molecule has 0 aromatic heterocycles. The lowest BCUT2D eigenvalue weighted by Gasteiger charge is -1.29. The van der Waals surface area contributed by atoms with E-state index in [1.54, 1.807) is 0 Å². The molecule has 0 saturated carbocycles. The predicted molar refractivity (Wildman–Crippen MR) is 13.3 cm³/mol. The predicted octanol–water partition coefficient (Wildman–Crippen LogP) is -0.226. The third-order valence-electron chi connectivity index (χ3n) is 0. The van der Waals surface area contributed by atoms with Gasteiger partial charge in [0.15, 0.2) is 0 Å². The van der Waals surface area contributed by atoms with Crippen molar-refractivity contribution in [1.29, 1.82) is 0 Å². The molecule has 4 N–H and O–H groups in total. The third kappa shape index (κ3) is 0.814. The minimum absolute atomic E-state index is 0. The number of aliphatic hydroxyl groups excluding tert-OH is 1. The number of hydrogen-bond acceptors (Lipinski definition) is 2. The molecule has 3 heteroatoms. The first kappa shape index (κ1) is 9.90. The Hall–Kier alpha value is -0.570. The summed E-state index contributed by atoms with van der Waals surface area (Å²) < 4.78 is 0. The minimum Gasteiger partial charge on any atom is -0.473 e. The highest BCUT2D eigenvalue weighted by Gasteiger charge is 1.30. The van der Waals surface area contributed by atoms with Crippen LogP contribution in [0.2, 0.25) is 0 Å². The Morgan fingerprint density at radius 3 is 1.75 bits per heavy atom. The maximum absolute atomic E-state index is 8.24. The molecule has 0 aliphatic heterocycles. The van der Waals surface area contributed by atoms with Crippen LogP contribution < -0.4 is 6.15 Å². The van der Waals surface area contributed by atoms with E-state index < -0.39 is 0 Å². The molecule has 0 aliphatic rings. The van der Waals surface area contributed by atoms with Crippen LogP contribution in [-0.4, -0.2) is 11.6 Å². The summed E-state index contributed by atoms with van der Waals surface area (Å²) in [5.74, 6) is 0. The zero-order valence-corrected chi connectivity index (χ0v) is 2.06. The van der Waals surface area contributed by atoms with Crippen molar-refractivity contribution in [2.45, 2.75) is 0 Å². The van der Waals surface area contributed by atoms with Crippen LogP contribution in [0.25, 0.3) is 0 Å². The highest BCUT2D eigenvalue weighted by atomic mass is 16.3. The van der Waals surface area contributed by atoms with Gasteiger partial charge in [-0.25, -0.2) is 4.79 Å². The lowest BCUT2D eigenvalue weighted by Crippen LogP contribution is -1.48. The summed E-state index contributed by atoms with van der Waals surface area (Å²) in [6.45, 7) is 0.500. The molecule has 25 valence electrons. The van der Waals surface area contributed by atoms with E-state index >= 15 is 0 Å². The summed E-state index contributed by atoms with van der Waals surface area (Å²) in [4.78, 5) is 8.24. The molecule has 0 amide bonds. The van der Waals surface area contributed by atoms with Gasteiger partial charge in [-0.1, -0.05) is 0 Å². The van der Waals surface area contributed by atoms with Crippen molar-refractivity contribution in [3.05, 3.63) is 0 Å². The second-order valence-electron chi connectivity index (χ2n) is 0.0913. The first-order valence-corrected chi connectivity index (χ1v) is 0.428. The molecule has 3 nitrogen and oxygen atoms in total. The van der Waals surface area contributed by atoms with Crippen molar-refractivity contribution in [2.24, 2.45) is 0 Å². The number of rotatable bonds is 0. The van der Waals surface area contributed by atoms with Gasteiger partial charge in [0.1, 0.15) is 0 Å².